The van der Waals surface area contributed by atoms with Gasteiger partial charge in [0.15, 0.2) is 0 Å². The summed E-state index contributed by atoms with van der Waals surface area (Å²) >= 11 is 0. The molecule has 2 aromatic heterocycles. The van der Waals surface area contributed by atoms with Crippen LogP contribution in [0.4, 0.5) is 5.69 Å². The first-order chi connectivity index (χ1) is 11.7. The lowest BCUT2D eigenvalue weighted by Crippen LogP contribution is -2.25. The number of hydrogen-bond donors (Lipinski definition) is 1. The predicted molar refractivity (Wildman–Crippen MR) is 97.3 cm³/mol. The minimum Gasteiger partial charge on any atom is -0.497 e. The molecule has 0 aliphatic carbocycles. The third-order valence-corrected chi connectivity index (χ3v) is 4.17. The van der Waals surface area contributed by atoms with E-state index in [4.69, 9.17) is 10.5 Å². The summed E-state index contributed by atoms with van der Waals surface area (Å²) in [4.78, 5) is 17.2. The fourth-order valence-corrected chi connectivity index (χ4v) is 2.89. The molecule has 5 nitrogen and oxygen atoms in total. The van der Waals surface area contributed by atoms with Crippen molar-refractivity contribution in [2.45, 2.75) is 26.3 Å². The Hall–Kier alpha value is -2.82. The molecule has 5 heteroatoms. The Kier molecular flexibility index (Phi) is 4.51. The van der Waals surface area contributed by atoms with Gasteiger partial charge in [-0.25, -0.2) is 4.98 Å². The summed E-state index contributed by atoms with van der Waals surface area (Å²) in [6, 6.07) is 11.4. The van der Waals surface area contributed by atoms with Gasteiger partial charge in [0.25, 0.3) is 5.56 Å². The van der Waals surface area contributed by atoms with Crippen LogP contribution >= 0.6 is 0 Å². The molecule has 0 radical (unpaired) electrons. The maximum absolute atomic E-state index is 12.8. The van der Waals surface area contributed by atoms with Gasteiger partial charge in [0, 0.05) is 23.7 Å². The SMILES string of the molecule is CCCCn1c(=O)c(N)c(-c2ccc(OC)cc2)c2cccnc21. The summed E-state index contributed by atoms with van der Waals surface area (Å²) in [6.45, 7) is 2.71. The highest BCUT2D eigenvalue weighted by molar-refractivity contribution is 5.98. The molecule has 0 unspecified atom stereocenters. The van der Waals surface area contributed by atoms with E-state index in [9.17, 15) is 4.79 Å². The van der Waals surface area contributed by atoms with E-state index >= 15 is 0 Å². The highest BCUT2D eigenvalue weighted by atomic mass is 16.5. The minimum absolute atomic E-state index is 0.180. The number of aryl methyl sites for hydroxylation is 1. The van der Waals surface area contributed by atoms with Gasteiger partial charge in [0.2, 0.25) is 0 Å². The summed E-state index contributed by atoms with van der Waals surface area (Å²) in [7, 11) is 1.62. The number of hydrogen-bond acceptors (Lipinski definition) is 4. The molecule has 0 aliphatic heterocycles. The number of benzene rings is 1. The number of nitrogens with zero attached hydrogens (tertiary/aromatic N) is 2. The third-order valence-electron chi connectivity index (χ3n) is 4.17. The molecular weight excluding hydrogens is 302 g/mol. The van der Waals surface area contributed by atoms with Crippen molar-refractivity contribution in [1.82, 2.24) is 9.55 Å². The fraction of sp³-hybridized carbons (Fsp3) is 0.263. The third kappa shape index (κ3) is 2.73. The minimum atomic E-state index is -0.180. The normalized spacial score (nSPS) is 10.9. The van der Waals surface area contributed by atoms with Crippen LogP contribution in [0.15, 0.2) is 47.4 Å². The van der Waals surface area contributed by atoms with Gasteiger partial charge in [-0.3, -0.25) is 9.36 Å². The molecule has 0 bridgehead atoms. The van der Waals surface area contributed by atoms with Gasteiger partial charge in [0.05, 0.1) is 7.11 Å². The zero-order chi connectivity index (χ0) is 17.1. The Morgan fingerprint density at radius 2 is 1.96 bits per heavy atom. The van der Waals surface area contributed by atoms with Crippen molar-refractivity contribution >= 4 is 16.7 Å². The first-order valence-electron chi connectivity index (χ1n) is 8.08. The standard InChI is InChI=1S/C19H21N3O2/c1-3-4-12-22-18-15(6-5-11-21-18)16(17(20)19(22)23)13-7-9-14(24-2)10-8-13/h5-11H,3-4,12,20H2,1-2H3. The summed E-state index contributed by atoms with van der Waals surface area (Å²) in [5.74, 6) is 0.760. The van der Waals surface area contributed by atoms with Crippen LogP contribution in [0.5, 0.6) is 5.75 Å². The Balaban J connectivity index is 2.28. The molecule has 0 spiro atoms. The van der Waals surface area contributed by atoms with Gasteiger partial charge in [-0.2, -0.15) is 0 Å². The summed E-state index contributed by atoms with van der Waals surface area (Å²) in [5.41, 5.74) is 8.60. The monoisotopic (exact) mass is 323 g/mol. The number of pyridine rings is 2. The number of aromatic nitrogens is 2. The van der Waals surface area contributed by atoms with Gasteiger partial charge >= 0.3 is 0 Å². The molecule has 0 saturated heterocycles. The van der Waals surface area contributed by atoms with E-state index in [1.807, 2.05) is 36.4 Å². The predicted octanol–water partition coefficient (Wildman–Crippen LogP) is 3.45. The highest BCUT2D eigenvalue weighted by Gasteiger charge is 2.16. The van der Waals surface area contributed by atoms with Crippen LogP contribution in [0.25, 0.3) is 22.2 Å². The average Bonchev–Trinajstić information content (AvgIpc) is 2.63. The van der Waals surface area contributed by atoms with Crippen LogP contribution in [0.3, 0.4) is 0 Å². The number of ether oxygens (including phenoxy) is 1. The molecule has 0 saturated carbocycles. The van der Waals surface area contributed by atoms with Crippen molar-refractivity contribution in [3.63, 3.8) is 0 Å². The maximum Gasteiger partial charge on any atom is 0.275 e. The number of methoxy groups -OCH3 is 1. The number of nitrogens with two attached hydrogens (primary N) is 1. The lowest BCUT2D eigenvalue weighted by Gasteiger charge is -2.15. The lowest BCUT2D eigenvalue weighted by molar-refractivity contribution is 0.415. The number of fused-ring (bicyclic) bond motifs is 1. The van der Waals surface area contributed by atoms with Crippen molar-refractivity contribution in [3.05, 3.63) is 52.9 Å². The second-order valence-electron chi connectivity index (χ2n) is 5.70. The Morgan fingerprint density at radius 3 is 2.62 bits per heavy atom. The lowest BCUT2D eigenvalue weighted by atomic mass is 10.0. The van der Waals surface area contributed by atoms with Gasteiger partial charge in [-0.15, -0.1) is 0 Å². The molecule has 124 valence electrons. The molecule has 0 atom stereocenters. The van der Waals surface area contributed by atoms with Crippen LogP contribution in [0.2, 0.25) is 0 Å². The van der Waals surface area contributed by atoms with E-state index in [-0.39, 0.29) is 11.2 Å². The summed E-state index contributed by atoms with van der Waals surface area (Å²) in [6.07, 6.45) is 3.62. The fourth-order valence-electron chi connectivity index (χ4n) is 2.89. The molecule has 2 N–H and O–H groups in total. The average molecular weight is 323 g/mol. The molecule has 2 heterocycles. The molecule has 24 heavy (non-hydrogen) atoms. The largest absolute Gasteiger partial charge is 0.497 e. The molecule has 1 aromatic carbocycles. The number of nitrogen functional groups attached to an aromatic ring is 1. The van der Waals surface area contributed by atoms with Crippen molar-refractivity contribution in [2.75, 3.05) is 12.8 Å². The van der Waals surface area contributed by atoms with Crippen molar-refractivity contribution in [2.24, 2.45) is 0 Å². The number of unbranched alkanes of at least 4 members (excludes halogenated alkanes) is 1. The molecule has 3 aromatic rings. The topological polar surface area (TPSA) is 70.1 Å². The van der Waals surface area contributed by atoms with Gasteiger partial charge < -0.3 is 10.5 Å². The molecule has 0 amide bonds. The van der Waals surface area contributed by atoms with E-state index in [1.54, 1.807) is 17.9 Å². The van der Waals surface area contributed by atoms with Crippen LogP contribution in [0, 0.1) is 0 Å². The van der Waals surface area contributed by atoms with Crippen LogP contribution in [-0.2, 0) is 6.54 Å². The maximum atomic E-state index is 12.8. The zero-order valence-electron chi connectivity index (χ0n) is 14.0. The number of anilines is 1. The van der Waals surface area contributed by atoms with E-state index in [0.717, 1.165) is 35.1 Å². The van der Waals surface area contributed by atoms with Crippen LogP contribution < -0.4 is 16.0 Å². The highest BCUT2D eigenvalue weighted by Crippen LogP contribution is 2.32. The van der Waals surface area contributed by atoms with E-state index in [1.165, 1.54) is 0 Å². The first kappa shape index (κ1) is 16.1. The van der Waals surface area contributed by atoms with Crippen molar-refractivity contribution < 1.29 is 4.74 Å². The van der Waals surface area contributed by atoms with Crippen LogP contribution in [0.1, 0.15) is 19.8 Å². The zero-order valence-corrected chi connectivity index (χ0v) is 14.0. The summed E-state index contributed by atoms with van der Waals surface area (Å²) < 4.78 is 6.88. The van der Waals surface area contributed by atoms with E-state index in [0.29, 0.717) is 12.2 Å². The second-order valence-corrected chi connectivity index (χ2v) is 5.70. The molecular formula is C19H21N3O2. The van der Waals surface area contributed by atoms with E-state index < -0.39 is 0 Å². The van der Waals surface area contributed by atoms with Gasteiger partial charge in [-0.1, -0.05) is 25.5 Å². The molecule has 3 rings (SSSR count). The Bertz CT molecular complexity index is 914. The molecule has 0 fully saturated rings. The summed E-state index contributed by atoms with van der Waals surface area (Å²) in [5, 5.41) is 0.885. The smallest absolute Gasteiger partial charge is 0.275 e. The quantitative estimate of drug-likeness (QED) is 0.780. The van der Waals surface area contributed by atoms with E-state index in [2.05, 4.69) is 11.9 Å². The number of rotatable bonds is 5. The first-order valence-corrected chi connectivity index (χ1v) is 8.08. The molecule has 0 aliphatic rings. The van der Waals surface area contributed by atoms with Crippen LogP contribution in [-0.4, -0.2) is 16.7 Å². The van der Waals surface area contributed by atoms with Gasteiger partial charge in [-0.05, 0) is 36.2 Å². The Labute approximate surface area is 140 Å². The van der Waals surface area contributed by atoms with Crippen molar-refractivity contribution in [3.8, 4) is 16.9 Å². The second kappa shape index (κ2) is 6.74. The van der Waals surface area contributed by atoms with Crippen molar-refractivity contribution in [1.29, 1.82) is 0 Å². The van der Waals surface area contributed by atoms with Gasteiger partial charge in [0.1, 0.15) is 17.1 Å². The Morgan fingerprint density at radius 1 is 1.21 bits per heavy atom.